The maximum absolute atomic E-state index is 12.6. The van der Waals surface area contributed by atoms with Crippen LogP contribution in [0.4, 0.5) is 5.69 Å². The summed E-state index contributed by atoms with van der Waals surface area (Å²) in [7, 11) is 0. The number of likely N-dealkylation sites (tertiary alicyclic amines) is 1. The molecular weight excluding hydrogens is 351 g/mol. The summed E-state index contributed by atoms with van der Waals surface area (Å²) in [6.45, 7) is -0.261. The number of nitrogens with one attached hydrogen (secondary N) is 1. The van der Waals surface area contributed by atoms with E-state index in [1.54, 1.807) is 12.1 Å². The van der Waals surface area contributed by atoms with Gasteiger partial charge in [0, 0.05) is 5.02 Å². The first-order valence-electron chi connectivity index (χ1n) is 8.06. The highest BCUT2D eigenvalue weighted by atomic mass is 35.5. The maximum Gasteiger partial charge on any atom is 0.244 e. The Kier molecular flexibility index (Phi) is 3.81. The summed E-state index contributed by atoms with van der Waals surface area (Å²) in [6, 6.07) is 4.72. The molecule has 0 spiro atoms. The van der Waals surface area contributed by atoms with E-state index in [1.165, 1.54) is 6.07 Å². The molecule has 4 rings (SSSR count). The molecule has 0 unspecified atom stereocenters. The second-order valence-electron chi connectivity index (χ2n) is 6.82. The molecule has 0 radical (unpaired) electrons. The summed E-state index contributed by atoms with van der Waals surface area (Å²) in [5.74, 6) is -0.589. The molecule has 1 saturated heterocycles. The molecular formula is C17H16Cl2N2O3. The lowest BCUT2D eigenvalue weighted by atomic mass is 9.81. The first-order valence-corrected chi connectivity index (χ1v) is 8.81. The highest BCUT2D eigenvalue weighted by molar-refractivity contribution is 6.36. The number of imide groups is 1. The van der Waals surface area contributed by atoms with E-state index >= 15 is 0 Å². The van der Waals surface area contributed by atoms with Crippen LogP contribution in [-0.4, -0.2) is 29.2 Å². The largest absolute Gasteiger partial charge is 0.323 e. The number of benzene rings is 1. The fourth-order valence-electron chi connectivity index (χ4n) is 4.55. The Balaban J connectivity index is 1.46. The zero-order valence-electron chi connectivity index (χ0n) is 12.8. The van der Waals surface area contributed by atoms with Gasteiger partial charge in [0.15, 0.2) is 0 Å². The number of amides is 3. The van der Waals surface area contributed by atoms with E-state index in [-0.39, 0.29) is 30.2 Å². The van der Waals surface area contributed by atoms with E-state index in [2.05, 4.69) is 5.32 Å². The molecule has 1 aromatic carbocycles. The SMILES string of the molecule is O=C(CN1C(=O)[C@@H]2[C@@H]3CC[C@H](C3)[C@@H]2C1=O)Nc1ccc(Cl)cc1Cl. The topological polar surface area (TPSA) is 66.5 Å². The predicted octanol–water partition coefficient (Wildman–Crippen LogP) is 2.96. The molecule has 24 heavy (non-hydrogen) atoms. The van der Waals surface area contributed by atoms with E-state index in [1.807, 2.05) is 0 Å². The van der Waals surface area contributed by atoms with Gasteiger partial charge in [-0.2, -0.15) is 0 Å². The summed E-state index contributed by atoms with van der Waals surface area (Å²) in [5, 5.41) is 3.41. The van der Waals surface area contributed by atoms with Gasteiger partial charge in [0.25, 0.3) is 0 Å². The summed E-state index contributed by atoms with van der Waals surface area (Å²) < 4.78 is 0. The fraction of sp³-hybridized carbons (Fsp3) is 0.471. The van der Waals surface area contributed by atoms with Gasteiger partial charge in [-0.1, -0.05) is 23.2 Å². The molecule has 2 saturated carbocycles. The van der Waals surface area contributed by atoms with Crippen molar-refractivity contribution >= 4 is 46.6 Å². The molecule has 1 aromatic rings. The zero-order chi connectivity index (χ0) is 17.0. The highest BCUT2D eigenvalue weighted by Gasteiger charge is 2.60. The molecule has 126 valence electrons. The third kappa shape index (κ3) is 2.42. The Morgan fingerprint density at radius 3 is 2.33 bits per heavy atom. The minimum atomic E-state index is -0.437. The van der Waals surface area contributed by atoms with Crippen LogP contribution in [-0.2, 0) is 14.4 Å². The Labute approximate surface area is 149 Å². The molecule has 3 amide bonds. The Bertz CT molecular complexity index is 723. The number of fused-ring (bicyclic) bond motifs is 5. The van der Waals surface area contributed by atoms with Crippen LogP contribution in [0, 0.1) is 23.7 Å². The molecule has 3 aliphatic rings. The Morgan fingerprint density at radius 1 is 1.12 bits per heavy atom. The summed E-state index contributed by atoms with van der Waals surface area (Å²) in [4.78, 5) is 38.5. The third-order valence-corrected chi connectivity index (χ3v) is 6.07. The monoisotopic (exact) mass is 366 g/mol. The van der Waals surface area contributed by atoms with Crippen LogP contribution in [0.5, 0.6) is 0 Å². The third-order valence-electron chi connectivity index (χ3n) is 5.53. The first kappa shape index (κ1) is 15.9. The lowest BCUT2D eigenvalue weighted by Crippen LogP contribution is -2.39. The molecule has 7 heteroatoms. The van der Waals surface area contributed by atoms with Crippen LogP contribution in [0.25, 0.3) is 0 Å². The second kappa shape index (κ2) is 5.74. The van der Waals surface area contributed by atoms with Crippen molar-refractivity contribution in [1.29, 1.82) is 0 Å². The van der Waals surface area contributed by atoms with Crippen molar-refractivity contribution in [1.82, 2.24) is 4.90 Å². The molecule has 0 aromatic heterocycles. The number of carbonyl (C=O) groups excluding carboxylic acids is 3. The van der Waals surface area contributed by atoms with Gasteiger partial charge in [0.2, 0.25) is 17.7 Å². The Hall–Kier alpha value is -1.59. The van der Waals surface area contributed by atoms with E-state index in [4.69, 9.17) is 23.2 Å². The maximum atomic E-state index is 12.6. The minimum absolute atomic E-state index is 0.186. The van der Waals surface area contributed by atoms with Gasteiger partial charge in [0.1, 0.15) is 6.54 Å². The minimum Gasteiger partial charge on any atom is -0.323 e. The van der Waals surface area contributed by atoms with Crippen LogP contribution < -0.4 is 5.32 Å². The van der Waals surface area contributed by atoms with Crippen LogP contribution in [0.2, 0.25) is 10.0 Å². The highest BCUT2D eigenvalue weighted by Crippen LogP contribution is 2.56. The van der Waals surface area contributed by atoms with Gasteiger partial charge in [-0.25, -0.2) is 0 Å². The van der Waals surface area contributed by atoms with Crippen molar-refractivity contribution in [3.8, 4) is 0 Å². The number of anilines is 1. The first-order chi connectivity index (χ1) is 11.5. The van der Waals surface area contributed by atoms with Crippen molar-refractivity contribution in [2.75, 3.05) is 11.9 Å². The quantitative estimate of drug-likeness (QED) is 0.836. The van der Waals surface area contributed by atoms with Crippen LogP contribution in [0.1, 0.15) is 19.3 Å². The molecule has 3 fully saturated rings. The number of hydrogen-bond acceptors (Lipinski definition) is 3. The van der Waals surface area contributed by atoms with Crippen LogP contribution in [0.3, 0.4) is 0 Å². The Morgan fingerprint density at radius 2 is 1.75 bits per heavy atom. The second-order valence-corrected chi connectivity index (χ2v) is 7.66. The standard InChI is InChI=1S/C17H16Cl2N2O3/c18-10-3-4-12(11(19)6-10)20-13(22)7-21-16(23)14-8-1-2-9(5-8)15(14)17(21)24/h3-4,6,8-9,14-15H,1-2,5,7H2,(H,20,22)/t8-,9-,14-,15+/m1/s1. The average Bonchev–Trinajstić information content (AvgIpc) is 3.20. The van der Waals surface area contributed by atoms with Crippen molar-refractivity contribution in [2.24, 2.45) is 23.7 Å². The number of hydrogen-bond donors (Lipinski definition) is 1. The molecule has 1 N–H and O–H groups in total. The number of nitrogens with zero attached hydrogens (tertiary/aromatic N) is 1. The van der Waals surface area contributed by atoms with Gasteiger partial charge in [-0.15, -0.1) is 0 Å². The van der Waals surface area contributed by atoms with E-state index in [0.29, 0.717) is 27.6 Å². The molecule has 1 heterocycles. The molecule has 4 atom stereocenters. The number of rotatable bonds is 3. The lowest BCUT2D eigenvalue weighted by Gasteiger charge is -2.19. The van der Waals surface area contributed by atoms with Crippen molar-refractivity contribution in [3.05, 3.63) is 28.2 Å². The van der Waals surface area contributed by atoms with Crippen molar-refractivity contribution in [3.63, 3.8) is 0 Å². The lowest BCUT2D eigenvalue weighted by molar-refractivity contribution is -0.143. The van der Waals surface area contributed by atoms with Gasteiger partial charge in [0.05, 0.1) is 22.5 Å². The predicted molar refractivity (Wildman–Crippen MR) is 89.6 cm³/mol. The molecule has 2 bridgehead atoms. The molecule has 2 aliphatic carbocycles. The van der Waals surface area contributed by atoms with Gasteiger partial charge < -0.3 is 5.32 Å². The summed E-state index contributed by atoms with van der Waals surface area (Å²) in [6.07, 6.45) is 3.02. The van der Waals surface area contributed by atoms with Crippen LogP contribution >= 0.6 is 23.2 Å². The summed E-state index contributed by atoms with van der Waals surface area (Å²) in [5.41, 5.74) is 0.408. The number of carbonyl (C=O) groups is 3. The normalized spacial score (nSPS) is 30.8. The van der Waals surface area contributed by atoms with Crippen molar-refractivity contribution in [2.45, 2.75) is 19.3 Å². The van der Waals surface area contributed by atoms with Crippen molar-refractivity contribution < 1.29 is 14.4 Å². The van der Waals surface area contributed by atoms with E-state index in [9.17, 15) is 14.4 Å². The molecule has 1 aliphatic heterocycles. The average molecular weight is 367 g/mol. The van der Waals surface area contributed by atoms with Gasteiger partial charge in [-0.05, 0) is 49.3 Å². The van der Waals surface area contributed by atoms with Gasteiger partial charge in [-0.3, -0.25) is 19.3 Å². The van der Waals surface area contributed by atoms with E-state index in [0.717, 1.165) is 24.2 Å². The number of halogens is 2. The van der Waals surface area contributed by atoms with E-state index < -0.39 is 5.91 Å². The van der Waals surface area contributed by atoms with Gasteiger partial charge >= 0.3 is 0 Å². The zero-order valence-corrected chi connectivity index (χ0v) is 14.3. The summed E-state index contributed by atoms with van der Waals surface area (Å²) >= 11 is 11.8. The van der Waals surface area contributed by atoms with Crippen LogP contribution in [0.15, 0.2) is 18.2 Å². The molecule has 5 nitrogen and oxygen atoms in total. The smallest absolute Gasteiger partial charge is 0.244 e. The fourth-order valence-corrected chi connectivity index (χ4v) is 5.01.